The maximum atomic E-state index is 6.11. The molecule has 1 aliphatic rings. The second-order valence-electron chi connectivity index (χ2n) is 6.19. The van der Waals surface area contributed by atoms with Crippen LogP contribution in [0.3, 0.4) is 0 Å². The van der Waals surface area contributed by atoms with E-state index < -0.39 is 0 Å². The van der Waals surface area contributed by atoms with Crippen molar-refractivity contribution in [2.75, 3.05) is 7.11 Å². The normalized spacial score (nSPS) is 20.6. The van der Waals surface area contributed by atoms with Crippen LogP contribution < -0.4 is 5.46 Å². The van der Waals surface area contributed by atoms with Gasteiger partial charge in [-0.05, 0) is 57.3 Å². The summed E-state index contributed by atoms with van der Waals surface area (Å²) in [6.07, 6.45) is 3.63. The minimum atomic E-state index is -0.323. The van der Waals surface area contributed by atoms with Gasteiger partial charge in [0.15, 0.2) is 0 Å². The molecule has 0 saturated carbocycles. The molecule has 0 spiro atoms. The third-order valence-electron chi connectivity index (χ3n) is 4.31. The predicted molar refractivity (Wildman–Crippen MR) is 82.9 cm³/mol. The number of ether oxygens (including phenoxy) is 1. The Balaban J connectivity index is 2.34. The molecule has 0 N–H and O–H groups in total. The van der Waals surface area contributed by atoms with Crippen molar-refractivity contribution in [3.8, 4) is 0 Å². The van der Waals surface area contributed by atoms with E-state index in [2.05, 4.69) is 46.8 Å². The lowest BCUT2D eigenvalue weighted by Crippen LogP contribution is -2.41. The summed E-state index contributed by atoms with van der Waals surface area (Å²) in [6.45, 7) is 10.3. The molecule has 1 aliphatic heterocycles. The molecule has 2 rings (SSSR count). The molecule has 0 aromatic heterocycles. The molecule has 108 valence electrons. The molecule has 0 atom stereocenters. The van der Waals surface area contributed by atoms with Crippen molar-refractivity contribution in [1.82, 2.24) is 0 Å². The Morgan fingerprint density at radius 1 is 1.10 bits per heavy atom. The molecule has 0 amide bonds. The average Bonchev–Trinajstić information content (AvgIpc) is 2.57. The molecule has 20 heavy (non-hydrogen) atoms. The largest absolute Gasteiger partial charge is 0.504 e. The van der Waals surface area contributed by atoms with Crippen LogP contribution >= 0.6 is 0 Å². The molecule has 3 nitrogen and oxygen atoms in total. The van der Waals surface area contributed by atoms with Crippen LogP contribution in [-0.4, -0.2) is 25.4 Å². The number of hydrogen-bond acceptors (Lipinski definition) is 3. The monoisotopic (exact) mass is 274 g/mol. The van der Waals surface area contributed by atoms with Gasteiger partial charge in [-0.3, -0.25) is 0 Å². The lowest BCUT2D eigenvalue weighted by molar-refractivity contribution is 0.00578. The maximum absolute atomic E-state index is 6.11. The summed E-state index contributed by atoms with van der Waals surface area (Å²) in [5, 5.41) is 0. The van der Waals surface area contributed by atoms with E-state index in [4.69, 9.17) is 14.0 Å². The smallest absolute Gasteiger partial charge is 0.495 e. The summed E-state index contributed by atoms with van der Waals surface area (Å²) in [5.41, 5.74) is 2.70. The minimum absolute atomic E-state index is 0.317. The quantitative estimate of drug-likeness (QED) is 0.626. The van der Waals surface area contributed by atoms with Gasteiger partial charge in [-0.1, -0.05) is 18.2 Å². The van der Waals surface area contributed by atoms with E-state index in [1.54, 1.807) is 13.4 Å². The molecule has 0 unspecified atom stereocenters. The van der Waals surface area contributed by atoms with E-state index in [-0.39, 0.29) is 18.3 Å². The van der Waals surface area contributed by atoms with Gasteiger partial charge >= 0.3 is 7.12 Å². The zero-order chi connectivity index (χ0) is 15.0. The Labute approximate surface area is 122 Å². The van der Waals surface area contributed by atoms with Gasteiger partial charge in [0.1, 0.15) is 0 Å². The average molecular weight is 274 g/mol. The zero-order valence-corrected chi connectivity index (χ0v) is 13.2. The van der Waals surface area contributed by atoms with Gasteiger partial charge < -0.3 is 14.0 Å². The van der Waals surface area contributed by atoms with Crippen molar-refractivity contribution in [2.24, 2.45) is 0 Å². The van der Waals surface area contributed by atoms with Crippen molar-refractivity contribution < 1.29 is 14.0 Å². The van der Waals surface area contributed by atoms with E-state index >= 15 is 0 Å². The molecule has 1 saturated heterocycles. The van der Waals surface area contributed by atoms with Crippen molar-refractivity contribution in [1.29, 1.82) is 0 Å². The van der Waals surface area contributed by atoms with Gasteiger partial charge in [0, 0.05) is 0 Å². The van der Waals surface area contributed by atoms with E-state index in [1.165, 1.54) is 0 Å². The molecule has 1 aromatic rings. The Bertz CT molecular complexity index is 504. The van der Waals surface area contributed by atoms with Gasteiger partial charge in [0.25, 0.3) is 0 Å². The Morgan fingerprint density at radius 3 is 2.25 bits per heavy atom. The first-order valence-corrected chi connectivity index (χ1v) is 6.93. The van der Waals surface area contributed by atoms with Crippen molar-refractivity contribution in [2.45, 2.75) is 45.8 Å². The van der Waals surface area contributed by atoms with Crippen LogP contribution in [-0.2, 0) is 14.0 Å². The second kappa shape index (κ2) is 5.26. The number of methoxy groups -OCH3 is 1. The van der Waals surface area contributed by atoms with Gasteiger partial charge in [-0.15, -0.1) is 0 Å². The number of benzene rings is 1. The van der Waals surface area contributed by atoms with Crippen LogP contribution in [0.15, 0.2) is 24.5 Å². The van der Waals surface area contributed by atoms with Crippen molar-refractivity contribution in [3.05, 3.63) is 35.6 Å². The predicted octanol–water partition coefficient (Wildman–Crippen LogP) is 2.91. The Kier molecular flexibility index (Phi) is 3.98. The van der Waals surface area contributed by atoms with E-state index in [9.17, 15) is 0 Å². The van der Waals surface area contributed by atoms with E-state index in [1.807, 2.05) is 12.1 Å². The molecular formula is C16H23BO3. The molecule has 0 bridgehead atoms. The second-order valence-corrected chi connectivity index (χ2v) is 6.19. The lowest BCUT2D eigenvalue weighted by Gasteiger charge is -2.32. The molecule has 1 aromatic carbocycles. The Hall–Kier alpha value is -1.26. The minimum Gasteiger partial charge on any atom is -0.504 e. The first kappa shape index (κ1) is 15.1. The fourth-order valence-electron chi connectivity index (χ4n) is 2.22. The Morgan fingerprint density at radius 2 is 1.70 bits per heavy atom. The van der Waals surface area contributed by atoms with Crippen LogP contribution in [0.5, 0.6) is 0 Å². The summed E-state index contributed by atoms with van der Waals surface area (Å²) >= 11 is 0. The van der Waals surface area contributed by atoms with E-state index in [0.29, 0.717) is 0 Å². The fraction of sp³-hybridized carbons (Fsp3) is 0.500. The van der Waals surface area contributed by atoms with Gasteiger partial charge in [-0.25, -0.2) is 0 Å². The summed E-state index contributed by atoms with van der Waals surface area (Å²) in [7, 11) is 1.32. The van der Waals surface area contributed by atoms with Gasteiger partial charge in [0.05, 0.1) is 24.6 Å². The van der Waals surface area contributed by atoms with Crippen LogP contribution in [0.4, 0.5) is 0 Å². The molecule has 1 heterocycles. The highest BCUT2D eigenvalue weighted by atomic mass is 16.7. The lowest BCUT2D eigenvalue weighted by atomic mass is 9.75. The SMILES string of the molecule is COC=Cc1cccc(B2OC(C)(C)C(C)(C)O2)c1C. The molecule has 0 aliphatic carbocycles. The van der Waals surface area contributed by atoms with E-state index in [0.717, 1.165) is 16.6 Å². The third kappa shape index (κ3) is 2.63. The van der Waals surface area contributed by atoms with Crippen LogP contribution in [0.1, 0.15) is 38.8 Å². The first-order valence-electron chi connectivity index (χ1n) is 6.93. The maximum Gasteiger partial charge on any atom is 0.495 e. The van der Waals surface area contributed by atoms with Crippen LogP contribution in [0.25, 0.3) is 6.08 Å². The summed E-state index contributed by atoms with van der Waals surface area (Å²) in [6, 6.07) is 6.13. The van der Waals surface area contributed by atoms with Crippen molar-refractivity contribution in [3.63, 3.8) is 0 Å². The van der Waals surface area contributed by atoms with Crippen LogP contribution in [0.2, 0.25) is 0 Å². The summed E-state index contributed by atoms with van der Waals surface area (Å²) in [5.74, 6) is 0. The molecule has 0 radical (unpaired) electrons. The number of rotatable bonds is 3. The van der Waals surface area contributed by atoms with Gasteiger partial charge in [0.2, 0.25) is 0 Å². The fourth-order valence-corrected chi connectivity index (χ4v) is 2.22. The number of hydrogen-bond donors (Lipinski definition) is 0. The molecule has 4 heteroatoms. The standard InChI is InChI=1S/C16H23BO3/c1-12-13(10-11-18-6)8-7-9-14(12)17-19-15(2,3)16(4,5)20-17/h7-11H,1-6H3. The van der Waals surface area contributed by atoms with Crippen LogP contribution in [0, 0.1) is 6.92 Å². The van der Waals surface area contributed by atoms with Gasteiger partial charge in [-0.2, -0.15) is 0 Å². The highest BCUT2D eigenvalue weighted by Crippen LogP contribution is 2.36. The third-order valence-corrected chi connectivity index (χ3v) is 4.31. The topological polar surface area (TPSA) is 27.7 Å². The summed E-state index contributed by atoms with van der Waals surface area (Å²) in [4.78, 5) is 0. The highest BCUT2D eigenvalue weighted by molar-refractivity contribution is 6.62. The first-order chi connectivity index (χ1) is 9.28. The molecular weight excluding hydrogens is 251 g/mol. The van der Waals surface area contributed by atoms with Crippen molar-refractivity contribution >= 4 is 18.7 Å². The summed E-state index contributed by atoms with van der Waals surface area (Å²) < 4.78 is 17.2. The highest BCUT2D eigenvalue weighted by Gasteiger charge is 2.52. The molecule has 1 fully saturated rings. The zero-order valence-electron chi connectivity index (χ0n) is 13.2.